The van der Waals surface area contributed by atoms with Crippen LogP contribution in [0.15, 0.2) is 46.4 Å². The van der Waals surface area contributed by atoms with E-state index in [-0.39, 0.29) is 5.75 Å². The number of hydrogen-bond donors (Lipinski definition) is 0. The molecule has 12 heteroatoms. The second-order valence-corrected chi connectivity index (χ2v) is 8.89. The number of nitro groups is 1. The summed E-state index contributed by atoms with van der Waals surface area (Å²) in [4.78, 5) is 14.5. The largest absolute Gasteiger partial charge is 0.478 e. The van der Waals surface area contributed by atoms with E-state index in [0.29, 0.717) is 33.4 Å². The Morgan fingerprint density at radius 1 is 1.38 bits per heavy atom. The summed E-state index contributed by atoms with van der Waals surface area (Å²) < 4.78 is 26.8. The smallest absolute Gasteiger partial charge is 0.406 e. The van der Waals surface area contributed by atoms with Crippen molar-refractivity contribution in [3.05, 3.63) is 84.8 Å². The van der Waals surface area contributed by atoms with Crippen LogP contribution >= 0.6 is 27.5 Å². The van der Waals surface area contributed by atoms with Crippen molar-refractivity contribution in [1.29, 1.82) is 5.26 Å². The molecule has 172 valence electrons. The Labute approximate surface area is 205 Å². The number of benzene rings is 1. The molecule has 0 aliphatic carbocycles. The van der Waals surface area contributed by atoms with Gasteiger partial charge in [0.1, 0.15) is 18.0 Å². The van der Waals surface area contributed by atoms with Crippen molar-refractivity contribution in [3.8, 4) is 23.1 Å². The molecule has 1 aromatic carbocycles. The lowest BCUT2D eigenvalue weighted by Crippen LogP contribution is -2.08. The van der Waals surface area contributed by atoms with Crippen LogP contribution in [0.5, 0.6) is 5.75 Å². The predicted molar refractivity (Wildman–Crippen MR) is 126 cm³/mol. The van der Waals surface area contributed by atoms with Crippen molar-refractivity contribution in [1.82, 2.24) is 19.1 Å². The SMILES string of the molecule is CC(Oc1cc(Br)cnc1[N+](=O)[O-])c1cc(F)ccc1-c1nscc1Cc1cc(C#N)nn1C. The van der Waals surface area contributed by atoms with Gasteiger partial charge in [0.25, 0.3) is 0 Å². The molecule has 0 radical (unpaired) electrons. The van der Waals surface area contributed by atoms with Gasteiger partial charge >= 0.3 is 5.82 Å². The molecule has 0 aliphatic heterocycles. The molecule has 0 amide bonds. The van der Waals surface area contributed by atoms with Crippen LogP contribution in [0.1, 0.15) is 35.5 Å². The van der Waals surface area contributed by atoms with Crippen LogP contribution in [-0.4, -0.2) is 24.1 Å². The minimum absolute atomic E-state index is 0.0421. The predicted octanol–water partition coefficient (Wildman–Crippen LogP) is 5.35. The van der Waals surface area contributed by atoms with Gasteiger partial charge < -0.3 is 14.9 Å². The van der Waals surface area contributed by atoms with E-state index in [9.17, 15) is 14.5 Å². The summed E-state index contributed by atoms with van der Waals surface area (Å²) in [5, 5.41) is 26.5. The van der Waals surface area contributed by atoms with Gasteiger partial charge in [-0.25, -0.2) is 4.39 Å². The molecule has 3 heterocycles. The quantitative estimate of drug-likeness (QED) is 0.228. The second-order valence-electron chi connectivity index (χ2n) is 7.35. The molecule has 0 saturated carbocycles. The van der Waals surface area contributed by atoms with Crippen molar-refractivity contribution < 1.29 is 14.1 Å². The number of nitrogens with zero attached hydrogens (tertiary/aromatic N) is 6. The van der Waals surface area contributed by atoms with Gasteiger partial charge in [0.15, 0.2) is 11.9 Å². The third-order valence-electron chi connectivity index (χ3n) is 5.09. The molecule has 34 heavy (non-hydrogen) atoms. The molecular weight excluding hydrogens is 527 g/mol. The molecule has 0 aliphatic rings. The fourth-order valence-corrected chi connectivity index (χ4v) is 4.51. The van der Waals surface area contributed by atoms with Gasteiger partial charge in [0, 0.05) is 41.7 Å². The van der Waals surface area contributed by atoms with Gasteiger partial charge in [0.05, 0.1) is 10.2 Å². The molecule has 0 bridgehead atoms. The molecular formula is C22H16BrFN6O3S. The average Bonchev–Trinajstić information content (AvgIpc) is 3.40. The van der Waals surface area contributed by atoms with Crippen molar-refractivity contribution in [2.45, 2.75) is 19.4 Å². The number of rotatable bonds is 7. The van der Waals surface area contributed by atoms with Gasteiger partial charge in [-0.3, -0.25) is 4.68 Å². The Hall–Kier alpha value is -3.69. The average molecular weight is 543 g/mol. The summed E-state index contributed by atoms with van der Waals surface area (Å²) in [6, 6.07) is 9.45. The second kappa shape index (κ2) is 9.66. The number of aryl methyl sites for hydroxylation is 1. The van der Waals surface area contributed by atoms with E-state index in [1.54, 1.807) is 30.8 Å². The normalized spacial score (nSPS) is 11.7. The van der Waals surface area contributed by atoms with E-state index < -0.39 is 22.7 Å². The van der Waals surface area contributed by atoms with Crippen LogP contribution in [-0.2, 0) is 13.5 Å². The first-order valence-electron chi connectivity index (χ1n) is 9.89. The van der Waals surface area contributed by atoms with Crippen LogP contribution in [0.2, 0.25) is 0 Å². The Kier molecular flexibility index (Phi) is 6.67. The standard InChI is InChI=1S/C22H16BrFN6O3S/c1-12(33-20-6-14(23)10-26-22(20)30(31)32)19-7-15(24)3-4-18(19)21-13(11-34-28-21)5-17-8-16(9-25)27-29(17)2/h3-4,6-8,10-12H,5H2,1-2H3. The first kappa shape index (κ1) is 23.5. The van der Waals surface area contributed by atoms with Crippen LogP contribution < -0.4 is 4.74 Å². The first-order chi connectivity index (χ1) is 16.3. The fraction of sp³-hybridized carbons (Fsp3) is 0.182. The van der Waals surface area contributed by atoms with Crippen molar-refractivity contribution in [2.75, 3.05) is 0 Å². The Balaban J connectivity index is 1.72. The third kappa shape index (κ3) is 4.80. The van der Waals surface area contributed by atoms with Gasteiger partial charge in [-0.05, 0) is 74.1 Å². The van der Waals surface area contributed by atoms with E-state index >= 15 is 0 Å². The van der Waals surface area contributed by atoms with Crippen LogP contribution in [0.4, 0.5) is 10.2 Å². The molecule has 4 aromatic rings. The van der Waals surface area contributed by atoms with E-state index in [0.717, 1.165) is 11.3 Å². The number of aromatic nitrogens is 4. The first-order valence-corrected chi connectivity index (χ1v) is 11.5. The number of ether oxygens (including phenoxy) is 1. The molecule has 0 saturated heterocycles. The van der Waals surface area contributed by atoms with Crippen molar-refractivity contribution in [3.63, 3.8) is 0 Å². The Morgan fingerprint density at radius 3 is 2.88 bits per heavy atom. The summed E-state index contributed by atoms with van der Waals surface area (Å²) in [5.41, 5.74) is 3.75. The highest BCUT2D eigenvalue weighted by atomic mass is 79.9. The number of pyridine rings is 1. The Bertz CT molecular complexity index is 1430. The molecule has 0 fully saturated rings. The lowest BCUT2D eigenvalue weighted by atomic mass is 9.96. The summed E-state index contributed by atoms with van der Waals surface area (Å²) in [6.45, 7) is 1.68. The minimum atomic E-state index is -0.753. The van der Waals surface area contributed by atoms with Gasteiger partial charge in [-0.2, -0.15) is 14.7 Å². The monoisotopic (exact) mass is 542 g/mol. The van der Waals surface area contributed by atoms with Crippen molar-refractivity contribution >= 4 is 33.3 Å². The zero-order valence-corrected chi connectivity index (χ0v) is 20.3. The zero-order chi connectivity index (χ0) is 24.4. The van der Waals surface area contributed by atoms with Gasteiger partial charge in [-0.1, -0.05) is 0 Å². The van der Waals surface area contributed by atoms with Crippen LogP contribution in [0.25, 0.3) is 11.3 Å². The third-order valence-corrected chi connectivity index (χ3v) is 6.20. The lowest BCUT2D eigenvalue weighted by molar-refractivity contribution is -0.390. The summed E-state index contributed by atoms with van der Waals surface area (Å²) in [5.74, 6) is -0.954. The lowest BCUT2D eigenvalue weighted by Gasteiger charge is -2.18. The Morgan fingerprint density at radius 2 is 2.18 bits per heavy atom. The summed E-state index contributed by atoms with van der Waals surface area (Å²) in [7, 11) is 1.76. The van der Waals surface area contributed by atoms with E-state index in [1.807, 2.05) is 11.4 Å². The summed E-state index contributed by atoms with van der Waals surface area (Å²) in [6.07, 6.45) is 1.02. The highest BCUT2D eigenvalue weighted by Crippen LogP contribution is 2.37. The fourth-order valence-electron chi connectivity index (χ4n) is 3.50. The summed E-state index contributed by atoms with van der Waals surface area (Å²) >= 11 is 4.49. The van der Waals surface area contributed by atoms with Gasteiger partial charge in [0.2, 0.25) is 5.75 Å². The molecule has 9 nitrogen and oxygen atoms in total. The minimum Gasteiger partial charge on any atom is -0.478 e. The maximum Gasteiger partial charge on any atom is 0.406 e. The van der Waals surface area contributed by atoms with Crippen LogP contribution in [0, 0.1) is 27.3 Å². The number of nitriles is 1. The zero-order valence-electron chi connectivity index (χ0n) is 17.9. The topological polar surface area (TPSA) is 120 Å². The molecule has 0 N–H and O–H groups in total. The highest BCUT2D eigenvalue weighted by Gasteiger charge is 2.24. The van der Waals surface area contributed by atoms with E-state index in [2.05, 4.69) is 30.4 Å². The molecule has 3 aromatic heterocycles. The van der Waals surface area contributed by atoms with Crippen LogP contribution in [0.3, 0.4) is 0 Å². The molecule has 0 spiro atoms. The maximum absolute atomic E-state index is 14.3. The van der Waals surface area contributed by atoms with Gasteiger partial charge in [-0.15, -0.1) is 0 Å². The highest BCUT2D eigenvalue weighted by molar-refractivity contribution is 9.10. The number of hydrogen-bond acceptors (Lipinski definition) is 8. The maximum atomic E-state index is 14.3. The molecule has 4 rings (SSSR count). The van der Waals surface area contributed by atoms with E-state index in [1.165, 1.54) is 35.9 Å². The van der Waals surface area contributed by atoms with Crippen molar-refractivity contribution in [2.24, 2.45) is 7.05 Å². The molecule has 1 unspecified atom stereocenters. The van der Waals surface area contributed by atoms with E-state index in [4.69, 9.17) is 10.00 Å². The molecule has 1 atom stereocenters. The number of halogens is 2.